The standard InChI is InChI=1S/C17H23N5O2/c1-12(16-20-18-11-21(16)2)19-17(23)22-10-6-8-14(22)13-7-4-5-9-15(13)24-3/h4-5,7,9,11-12,14H,6,8,10H2,1-3H3,(H,19,23)/t12-,14+/m1/s1. The summed E-state index contributed by atoms with van der Waals surface area (Å²) in [7, 11) is 3.53. The zero-order valence-corrected chi connectivity index (χ0v) is 14.3. The molecule has 2 atom stereocenters. The Morgan fingerprint density at radius 3 is 2.92 bits per heavy atom. The smallest absolute Gasteiger partial charge is 0.318 e. The van der Waals surface area contributed by atoms with E-state index in [1.165, 1.54) is 0 Å². The first-order valence-corrected chi connectivity index (χ1v) is 8.15. The number of aromatic nitrogens is 3. The molecule has 0 bridgehead atoms. The van der Waals surface area contributed by atoms with E-state index in [9.17, 15) is 4.79 Å². The number of benzene rings is 1. The highest BCUT2D eigenvalue weighted by Crippen LogP contribution is 2.36. The maximum Gasteiger partial charge on any atom is 0.318 e. The lowest BCUT2D eigenvalue weighted by molar-refractivity contribution is 0.188. The lowest BCUT2D eigenvalue weighted by Gasteiger charge is -2.27. The Kier molecular flexibility index (Phi) is 4.69. The molecule has 1 aliphatic heterocycles. The number of amides is 2. The molecule has 1 N–H and O–H groups in total. The number of methoxy groups -OCH3 is 1. The summed E-state index contributed by atoms with van der Waals surface area (Å²) in [6.07, 6.45) is 3.55. The molecule has 128 valence electrons. The van der Waals surface area contributed by atoms with Crippen LogP contribution in [0.4, 0.5) is 4.79 Å². The first-order valence-electron chi connectivity index (χ1n) is 8.15. The normalized spacial score (nSPS) is 18.5. The van der Waals surface area contributed by atoms with Crippen LogP contribution in [0.1, 0.15) is 43.2 Å². The Morgan fingerprint density at radius 1 is 1.42 bits per heavy atom. The van der Waals surface area contributed by atoms with Gasteiger partial charge in [0.25, 0.3) is 0 Å². The quantitative estimate of drug-likeness (QED) is 0.935. The van der Waals surface area contributed by atoms with Crippen LogP contribution in [-0.2, 0) is 7.05 Å². The molecule has 24 heavy (non-hydrogen) atoms. The minimum absolute atomic E-state index is 0.0350. The summed E-state index contributed by atoms with van der Waals surface area (Å²) < 4.78 is 7.27. The summed E-state index contributed by atoms with van der Waals surface area (Å²) in [6, 6.07) is 7.63. The van der Waals surface area contributed by atoms with Gasteiger partial charge in [-0.05, 0) is 25.8 Å². The number of carbonyl (C=O) groups excluding carboxylic acids is 1. The van der Waals surface area contributed by atoms with Gasteiger partial charge in [0.1, 0.15) is 12.1 Å². The third-order valence-electron chi connectivity index (χ3n) is 4.49. The number of urea groups is 1. The van der Waals surface area contributed by atoms with Crippen molar-refractivity contribution in [2.45, 2.75) is 31.8 Å². The molecule has 0 spiro atoms. The van der Waals surface area contributed by atoms with Gasteiger partial charge in [-0.2, -0.15) is 0 Å². The molecule has 0 saturated carbocycles. The average molecular weight is 329 g/mol. The van der Waals surface area contributed by atoms with E-state index in [1.54, 1.807) is 13.4 Å². The van der Waals surface area contributed by atoms with Crippen molar-refractivity contribution < 1.29 is 9.53 Å². The van der Waals surface area contributed by atoms with Crippen LogP contribution in [0.25, 0.3) is 0 Å². The van der Waals surface area contributed by atoms with Gasteiger partial charge in [-0.25, -0.2) is 4.79 Å². The largest absolute Gasteiger partial charge is 0.496 e. The Labute approximate surface area is 141 Å². The predicted molar refractivity (Wildman–Crippen MR) is 89.6 cm³/mol. The van der Waals surface area contributed by atoms with Gasteiger partial charge in [-0.15, -0.1) is 10.2 Å². The van der Waals surface area contributed by atoms with Gasteiger partial charge in [-0.1, -0.05) is 18.2 Å². The van der Waals surface area contributed by atoms with Crippen LogP contribution in [0.5, 0.6) is 5.75 Å². The molecule has 7 heteroatoms. The summed E-state index contributed by atoms with van der Waals surface area (Å²) in [5.74, 6) is 1.56. The highest BCUT2D eigenvalue weighted by atomic mass is 16.5. The molecule has 2 aromatic rings. The van der Waals surface area contributed by atoms with Crippen LogP contribution >= 0.6 is 0 Å². The fraction of sp³-hybridized carbons (Fsp3) is 0.471. The highest BCUT2D eigenvalue weighted by molar-refractivity contribution is 5.75. The van der Waals surface area contributed by atoms with Crippen LogP contribution in [0, 0.1) is 0 Å². The zero-order valence-electron chi connectivity index (χ0n) is 14.3. The van der Waals surface area contributed by atoms with Crippen LogP contribution in [0.3, 0.4) is 0 Å². The summed E-state index contributed by atoms with van der Waals surface area (Å²) in [5.41, 5.74) is 1.05. The van der Waals surface area contributed by atoms with E-state index in [-0.39, 0.29) is 18.1 Å². The van der Waals surface area contributed by atoms with Gasteiger partial charge < -0.3 is 19.5 Å². The van der Waals surface area contributed by atoms with Crippen molar-refractivity contribution >= 4 is 6.03 Å². The first-order chi connectivity index (χ1) is 11.6. The van der Waals surface area contributed by atoms with E-state index in [2.05, 4.69) is 15.5 Å². The molecule has 2 amide bonds. The fourth-order valence-corrected chi connectivity index (χ4v) is 3.29. The van der Waals surface area contributed by atoms with Crippen LogP contribution in [0.15, 0.2) is 30.6 Å². The van der Waals surface area contributed by atoms with Crippen molar-refractivity contribution in [1.82, 2.24) is 25.0 Å². The summed E-state index contributed by atoms with van der Waals surface area (Å²) in [6.45, 7) is 2.65. The number of hydrogen-bond acceptors (Lipinski definition) is 4. The second-order valence-corrected chi connectivity index (χ2v) is 6.06. The van der Waals surface area contributed by atoms with Gasteiger partial charge >= 0.3 is 6.03 Å². The van der Waals surface area contributed by atoms with Crippen molar-refractivity contribution in [3.8, 4) is 5.75 Å². The van der Waals surface area contributed by atoms with E-state index in [4.69, 9.17) is 4.74 Å². The molecule has 3 rings (SSSR count). The predicted octanol–water partition coefficient (Wildman–Crippen LogP) is 2.43. The van der Waals surface area contributed by atoms with Crippen molar-refractivity contribution in [3.63, 3.8) is 0 Å². The number of nitrogens with zero attached hydrogens (tertiary/aromatic N) is 4. The van der Waals surface area contributed by atoms with E-state index in [0.29, 0.717) is 0 Å². The molecule has 7 nitrogen and oxygen atoms in total. The molecule has 2 heterocycles. The van der Waals surface area contributed by atoms with E-state index in [1.807, 2.05) is 47.7 Å². The van der Waals surface area contributed by atoms with E-state index >= 15 is 0 Å². The number of carbonyl (C=O) groups is 1. The molecule has 1 aromatic carbocycles. The zero-order chi connectivity index (χ0) is 17.1. The van der Waals surface area contributed by atoms with Gasteiger partial charge in [0, 0.05) is 19.2 Å². The fourth-order valence-electron chi connectivity index (χ4n) is 3.29. The van der Waals surface area contributed by atoms with E-state index < -0.39 is 0 Å². The number of hydrogen-bond donors (Lipinski definition) is 1. The molecule has 1 saturated heterocycles. The topological polar surface area (TPSA) is 72.3 Å². The monoisotopic (exact) mass is 329 g/mol. The number of rotatable bonds is 4. The Balaban J connectivity index is 1.75. The third kappa shape index (κ3) is 3.06. The number of ether oxygens (including phenoxy) is 1. The lowest BCUT2D eigenvalue weighted by atomic mass is 10.0. The number of para-hydroxylation sites is 1. The molecule has 1 fully saturated rings. The average Bonchev–Trinajstić information content (AvgIpc) is 3.23. The van der Waals surface area contributed by atoms with E-state index in [0.717, 1.165) is 36.5 Å². The molecular weight excluding hydrogens is 306 g/mol. The first kappa shape index (κ1) is 16.3. The molecule has 0 radical (unpaired) electrons. The lowest BCUT2D eigenvalue weighted by Crippen LogP contribution is -2.41. The molecule has 0 aliphatic carbocycles. The SMILES string of the molecule is COc1ccccc1[C@@H]1CCCN1C(=O)N[C@H](C)c1nncn1C. The van der Waals surface area contributed by atoms with Gasteiger partial charge in [-0.3, -0.25) is 0 Å². The second-order valence-electron chi connectivity index (χ2n) is 6.06. The van der Waals surface area contributed by atoms with Gasteiger partial charge in [0.2, 0.25) is 0 Å². The van der Waals surface area contributed by atoms with Crippen LogP contribution < -0.4 is 10.1 Å². The maximum atomic E-state index is 12.8. The number of nitrogens with one attached hydrogen (secondary N) is 1. The summed E-state index contributed by atoms with van der Waals surface area (Å²) in [4.78, 5) is 14.6. The number of aryl methyl sites for hydroxylation is 1. The second kappa shape index (κ2) is 6.90. The summed E-state index contributed by atoms with van der Waals surface area (Å²) >= 11 is 0. The van der Waals surface area contributed by atoms with Crippen LogP contribution in [-0.4, -0.2) is 39.4 Å². The van der Waals surface area contributed by atoms with Crippen molar-refractivity contribution in [2.24, 2.45) is 7.05 Å². The van der Waals surface area contributed by atoms with Crippen molar-refractivity contribution in [1.29, 1.82) is 0 Å². The van der Waals surface area contributed by atoms with Gasteiger partial charge in [0.05, 0.1) is 19.2 Å². The van der Waals surface area contributed by atoms with Crippen LogP contribution in [0.2, 0.25) is 0 Å². The Hall–Kier alpha value is -2.57. The highest BCUT2D eigenvalue weighted by Gasteiger charge is 2.32. The minimum atomic E-state index is -0.205. The van der Waals surface area contributed by atoms with Gasteiger partial charge in [0.15, 0.2) is 5.82 Å². The Bertz CT molecular complexity index is 715. The Morgan fingerprint density at radius 2 is 2.21 bits per heavy atom. The molecule has 1 aliphatic rings. The number of likely N-dealkylation sites (tertiary alicyclic amines) is 1. The molecule has 0 unspecified atom stereocenters. The third-order valence-corrected chi connectivity index (χ3v) is 4.49. The molecule has 1 aromatic heterocycles. The maximum absolute atomic E-state index is 12.8. The van der Waals surface area contributed by atoms with Crippen molar-refractivity contribution in [2.75, 3.05) is 13.7 Å². The molecular formula is C17H23N5O2. The summed E-state index contributed by atoms with van der Waals surface area (Å²) in [5, 5.41) is 10.9. The minimum Gasteiger partial charge on any atom is -0.496 e. The van der Waals surface area contributed by atoms with Crippen molar-refractivity contribution in [3.05, 3.63) is 42.0 Å².